The summed E-state index contributed by atoms with van der Waals surface area (Å²) >= 11 is 12.5. The molecule has 1 unspecified atom stereocenters. The minimum atomic E-state index is -0.867. The van der Waals surface area contributed by atoms with E-state index >= 15 is 0 Å². The normalized spacial score (nSPS) is 16.9. The zero-order chi connectivity index (χ0) is 26.9. The molecule has 1 aliphatic heterocycles. The number of benzene rings is 3. The van der Waals surface area contributed by atoms with Crippen molar-refractivity contribution in [3.63, 3.8) is 0 Å². The Kier molecular flexibility index (Phi) is 7.81. The van der Waals surface area contributed by atoms with Crippen LogP contribution >= 0.6 is 23.2 Å². The number of aliphatic hydroxyl groups is 1. The molecule has 0 spiro atoms. The first-order valence-electron chi connectivity index (χ1n) is 11.7. The highest BCUT2D eigenvalue weighted by molar-refractivity contribution is 6.46. The van der Waals surface area contributed by atoms with Crippen molar-refractivity contribution in [1.82, 2.24) is 4.90 Å². The van der Waals surface area contributed by atoms with Crippen LogP contribution in [0.2, 0.25) is 10.0 Å². The van der Waals surface area contributed by atoms with E-state index in [2.05, 4.69) is 13.8 Å². The molecule has 1 saturated heterocycles. The van der Waals surface area contributed by atoms with Crippen LogP contribution < -0.4 is 9.47 Å². The summed E-state index contributed by atoms with van der Waals surface area (Å²) in [7, 11) is 2.94. The molecule has 6 nitrogen and oxygen atoms in total. The summed E-state index contributed by atoms with van der Waals surface area (Å²) < 4.78 is 10.9. The summed E-state index contributed by atoms with van der Waals surface area (Å²) in [5.41, 5.74) is 2.55. The van der Waals surface area contributed by atoms with Gasteiger partial charge in [0.1, 0.15) is 17.3 Å². The van der Waals surface area contributed by atoms with Gasteiger partial charge in [-0.15, -0.1) is 0 Å². The van der Waals surface area contributed by atoms with E-state index in [-0.39, 0.29) is 33.5 Å². The molecule has 37 heavy (non-hydrogen) atoms. The number of amides is 1. The topological polar surface area (TPSA) is 76.1 Å². The number of hydrogen-bond acceptors (Lipinski definition) is 5. The average molecular weight is 540 g/mol. The highest BCUT2D eigenvalue weighted by atomic mass is 35.5. The number of para-hydroxylation sites is 1. The quantitative estimate of drug-likeness (QED) is 0.204. The Labute approximate surface area is 226 Å². The van der Waals surface area contributed by atoms with E-state index in [0.29, 0.717) is 17.2 Å². The molecule has 1 aliphatic rings. The molecule has 1 amide bonds. The predicted molar refractivity (Wildman–Crippen MR) is 144 cm³/mol. The third-order valence-electron chi connectivity index (χ3n) is 6.46. The van der Waals surface area contributed by atoms with E-state index in [1.807, 2.05) is 42.5 Å². The van der Waals surface area contributed by atoms with Gasteiger partial charge in [-0.05, 0) is 35.2 Å². The van der Waals surface area contributed by atoms with Crippen LogP contribution in [-0.4, -0.2) is 35.9 Å². The van der Waals surface area contributed by atoms with Crippen LogP contribution in [0.3, 0.4) is 0 Å². The number of methoxy groups -OCH3 is 2. The standard InChI is InChI=1S/C29H27Cl2NO5/c1-16(2)17-9-11-18(12-10-17)25-24(26(33)21-13-20(30)14-22(31)28(21)37-4)27(34)29(35)32(25)15-19-7-5-6-8-23(19)36-3/h5-14,16,25,33H,15H2,1-4H3/b26-24+. The molecule has 1 fully saturated rings. The van der Waals surface area contributed by atoms with E-state index in [1.54, 1.807) is 13.2 Å². The molecule has 1 heterocycles. The van der Waals surface area contributed by atoms with E-state index in [9.17, 15) is 14.7 Å². The minimum absolute atomic E-state index is 0.0752. The van der Waals surface area contributed by atoms with E-state index in [1.165, 1.54) is 24.1 Å². The van der Waals surface area contributed by atoms with Crippen LogP contribution in [-0.2, 0) is 16.1 Å². The van der Waals surface area contributed by atoms with Crippen LogP contribution in [0.1, 0.15) is 48.1 Å². The second-order valence-corrected chi connectivity index (χ2v) is 9.87. The lowest BCUT2D eigenvalue weighted by molar-refractivity contribution is -0.140. The van der Waals surface area contributed by atoms with Gasteiger partial charge in [-0.1, -0.05) is 79.5 Å². The van der Waals surface area contributed by atoms with Gasteiger partial charge in [-0.3, -0.25) is 9.59 Å². The smallest absolute Gasteiger partial charge is 0.295 e. The molecule has 1 atom stereocenters. The molecule has 192 valence electrons. The van der Waals surface area contributed by atoms with Crippen molar-refractivity contribution < 1.29 is 24.2 Å². The fourth-order valence-electron chi connectivity index (χ4n) is 4.56. The summed E-state index contributed by atoms with van der Waals surface area (Å²) in [6, 6.07) is 17.0. The lowest BCUT2D eigenvalue weighted by Gasteiger charge is -2.26. The van der Waals surface area contributed by atoms with Gasteiger partial charge < -0.3 is 19.5 Å². The summed E-state index contributed by atoms with van der Waals surface area (Å²) in [6.45, 7) is 4.26. The Bertz CT molecular complexity index is 1380. The van der Waals surface area contributed by atoms with E-state index in [0.717, 1.165) is 11.1 Å². The van der Waals surface area contributed by atoms with Crippen molar-refractivity contribution in [2.45, 2.75) is 32.4 Å². The zero-order valence-electron chi connectivity index (χ0n) is 20.9. The van der Waals surface area contributed by atoms with Gasteiger partial charge in [-0.25, -0.2) is 0 Å². The number of carbonyl (C=O) groups is 2. The van der Waals surface area contributed by atoms with Crippen LogP contribution in [0.25, 0.3) is 5.76 Å². The van der Waals surface area contributed by atoms with Crippen molar-refractivity contribution in [2.24, 2.45) is 0 Å². The second-order valence-electron chi connectivity index (χ2n) is 9.03. The van der Waals surface area contributed by atoms with Gasteiger partial charge in [0.05, 0.1) is 43.0 Å². The van der Waals surface area contributed by atoms with Gasteiger partial charge in [0.25, 0.3) is 11.7 Å². The van der Waals surface area contributed by atoms with Crippen molar-refractivity contribution >= 4 is 40.7 Å². The maximum atomic E-state index is 13.5. The number of ketones is 1. The first kappa shape index (κ1) is 26.6. The van der Waals surface area contributed by atoms with Crippen LogP contribution in [0.5, 0.6) is 11.5 Å². The van der Waals surface area contributed by atoms with Crippen molar-refractivity contribution in [1.29, 1.82) is 0 Å². The maximum absolute atomic E-state index is 13.5. The largest absolute Gasteiger partial charge is 0.507 e. The second kappa shape index (κ2) is 10.9. The average Bonchev–Trinajstić information content (AvgIpc) is 3.13. The number of carbonyl (C=O) groups excluding carboxylic acids is 2. The summed E-state index contributed by atoms with van der Waals surface area (Å²) in [6.07, 6.45) is 0. The van der Waals surface area contributed by atoms with Gasteiger partial charge in [0, 0.05) is 10.6 Å². The van der Waals surface area contributed by atoms with Crippen LogP contribution in [0.15, 0.2) is 66.2 Å². The SMILES string of the molecule is COc1ccccc1CN1C(=O)C(=O)/C(=C(/O)c2cc(Cl)cc(Cl)c2OC)C1c1ccc(C(C)C)cc1. The molecular weight excluding hydrogens is 513 g/mol. The van der Waals surface area contributed by atoms with Crippen molar-refractivity contribution in [3.05, 3.63) is 98.5 Å². The highest BCUT2D eigenvalue weighted by Gasteiger charge is 2.46. The fourth-order valence-corrected chi connectivity index (χ4v) is 5.13. The first-order chi connectivity index (χ1) is 17.7. The van der Waals surface area contributed by atoms with Crippen LogP contribution in [0, 0.1) is 0 Å². The van der Waals surface area contributed by atoms with Crippen LogP contribution in [0.4, 0.5) is 0 Å². The number of likely N-dealkylation sites (tertiary alicyclic amines) is 1. The van der Waals surface area contributed by atoms with Gasteiger partial charge in [0.15, 0.2) is 0 Å². The van der Waals surface area contributed by atoms with Gasteiger partial charge in [0.2, 0.25) is 0 Å². The summed E-state index contributed by atoms with van der Waals surface area (Å²) in [5.74, 6) is -0.942. The van der Waals surface area contributed by atoms with Crippen molar-refractivity contribution in [2.75, 3.05) is 14.2 Å². The van der Waals surface area contributed by atoms with E-state index < -0.39 is 23.5 Å². The van der Waals surface area contributed by atoms with E-state index in [4.69, 9.17) is 32.7 Å². The lowest BCUT2D eigenvalue weighted by atomic mass is 9.93. The third kappa shape index (κ3) is 5.04. The molecule has 0 aromatic heterocycles. The lowest BCUT2D eigenvalue weighted by Crippen LogP contribution is -2.29. The van der Waals surface area contributed by atoms with Gasteiger partial charge >= 0.3 is 0 Å². The third-order valence-corrected chi connectivity index (χ3v) is 6.96. The Morgan fingerprint density at radius 2 is 1.68 bits per heavy atom. The Balaban J connectivity index is 1.93. The number of halogens is 2. The monoisotopic (exact) mass is 539 g/mol. The summed E-state index contributed by atoms with van der Waals surface area (Å²) in [5, 5.41) is 11.9. The van der Waals surface area contributed by atoms with Gasteiger partial charge in [-0.2, -0.15) is 0 Å². The predicted octanol–water partition coefficient (Wildman–Crippen LogP) is 6.76. The molecule has 3 aromatic rings. The number of Topliss-reactive ketones (excluding diaryl/α,β-unsaturated/α-hetero) is 1. The number of hydrogen-bond donors (Lipinski definition) is 1. The molecule has 3 aromatic carbocycles. The molecular formula is C29H27Cl2NO5. The first-order valence-corrected chi connectivity index (χ1v) is 12.5. The van der Waals surface area contributed by atoms with Crippen molar-refractivity contribution in [3.8, 4) is 11.5 Å². The Morgan fingerprint density at radius 3 is 2.30 bits per heavy atom. The molecule has 1 N–H and O–H groups in total. The molecule has 0 radical (unpaired) electrons. The fraction of sp³-hybridized carbons (Fsp3) is 0.241. The summed E-state index contributed by atoms with van der Waals surface area (Å²) in [4.78, 5) is 28.3. The molecule has 0 bridgehead atoms. The Hall–Kier alpha value is -3.48. The molecule has 4 rings (SSSR count). The zero-order valence-corrected chi connectivity index (χ0v) is 22.4. The number of aliphatic hydroxyl groups excluding tert-OH is 1. The minimum Gasteiger partial charge on any atom is -0.507 e. The number of nitrogens with zero attached hydrogens (tertiary/aromatic N) is 1. The maximum Gasteiger partial charge on any atom is 0.295 e. The number of rotatable bonds is 7. The molecule has 8 heteroatoms. The molecule has 0 saturated carbocycles. The highest BCUT2D eigenvalue weighted by Crippen LogP contribution is 2.44. The number of ether oxygens (including phenoxy) is 2. The molecule has 0 aliphatic carbocycles. The Morgan fingerprint density at radius 1 is 1.00 bits per heavy atom.